The van der Waals surface area contributed by atoms with E-state index >= 15 is 0 Å². The van der Waals surface area contributed by atoms with E-state index in [2.05, 4.69) is 17.2 Å². The number of hydrogen-bond acceptors (Lipinski definition) is 2. The van der Waals surface area contributed by atoms with Gasteiger partial charge in [-0.3, -0.25) is 4.79 Å². The highest BCUT2D eigenvalue weighted by molar-refractivity contribution is 5.95. The van der Waals surface area contributed by atoms with E-state index in [1.54, 1.807) is 6.08 Å². The zero-order chi connectivity index (χ0) is 12.0. The molecular formula is C13H18N2O. The molecule has 0 aliphatic carbocycles. The third-order valence-electron chi connectivity index (χ3n) is 2.36. The smallest absolute Gasteiger partial charge is 0.241 e. The van der Waals surface area contributed by atoms with Crippen LogP contribution in [-0.2, 0) is 4.79 Å². The number of rotatable bonds is 5. The van der Waals surface area contributed by atoms with Crippen LogP contribution in [0.5, 0.6) is 0 Å². The molecule has 86 valence electrons. The second-order valence-electron chi connectivity index (χ2n) is 3.72. The lowest BCUT2D eigenvalue weighted by Gasteiger charge is -2.14. The number of nitrogens with one attached hydrogen (secondary N) is 2. The summed E-state index contributed by atoms with van der Waals surface area (Å²) < 4.78 is 0. The zero-order valence-electron chi connectivity index (χ0n) is 9.79. The van der Waals surface area contributed by atoms with Gasteiger partial charge >= 0.3 is 0 Å². The van der Waals surface area contributed by atoms with Crippen LogP contribution in [0.15, 0.2) is 36.9 Å². The van der Waals surface area contributed by atoms with Crippen LogP contribution >= 0.6 is 0 Å². The van der Waals surface area contributed by atoms with E-state index in [-0.39, 0.29) is 11.9 Å². The molecule has 0 spiro atoms. The summed E-state index contributed by atoms with van der Waals surface area (Å²) in [4.78, 5) is 11.8. The van der Waals surface area contributed by atoms with Crippen molar-refractivity contribution in [2.24, 2.45) is 0 Å². The number of para-hydroxylation sites is 1. The molecule has 1 unspecified atom stereocenters. The fraction of sp³-hybridized carbons (Fsp3) is 0.308. The van der Waals surface area contributed by atoms with Crippen molar-refractivity contribution in [3.8, 4) is 0 Å². The predicted octanol–water partition coefficient (Wildman–Crippen LogP) is 2.10. The van der Waals surface area contributed by atoms with Gasteiger partial charge in [-0.2, -0.15) is 0 Å². The minimum Gasteiger partial charge on any atom is -0.324 e. The molecule has 0 radical (unpaired) electrons. The number of aryl methyl sites for hydroxylation is 1. The molecule has 0 bridgehead atoms. The molecule has 1 aromatic carbocycles. The molecule has 3 heteroatoms. The Bertz CT molecular complexity index is 374. The van der Waals surface area contributed by atoms with Gasteiger partial charge in [0.25, 0.3) is 0 Å². The molecule has 0 saturated heterocycles. The van der Waals surface area contributed by atoms with Gasteiger partial charge in [-0.15, -0.1) is 6.58 Å². The topological polar surface area (TPSA) is 41.1 Å². The molecule has 0 aromatic heterocycles. The van der Waals surface area contributed by atoms with Gasteiger partial charge in [0.15, 0.2) is 0 Å². The molecule has 0 heterocycles. The Morgan fingerprint density at radius 1 is 1.50 bits per heavy atom. The first-order valence-corrected chi connectivity index (χ1v) is 5.36. The summed E-state index contributed by atoms with van der Waals surface area (Å²) in [7, 11) is 0. The average Bonchev–Trinajstić information content (AvgIpc) is 2.28. The van der Waals surface area contributed by atoms with Gasteiger partial charge in [-0.05, 0) is 25.5 Å². The minimum absolute atomic E-state index is 0.0313. The standard InChI is InChI=1S/C13H18N2O/c1-4-9-14-11(3)13(16)15-12-8-6-5-7-10(12)2/h4-8,11,14H,1,9H2,2-3H3,(H,15,16). The fourth-order valence-corrected chi connectivity index (χ4v) is 1.31. The summed E-state index contributed by atoms with van der Waals surface area (Å²) in [6, 6.07) is 7.50. The molecule has 1 aromatic rings. The molecule has 2 N–H and O–H groups in total. The van der Waals surface area contributed by atoms with Crippen LogP contribution < -0.4 is 10.6 Å². The molecule has 0 fully saturated rings. The van der Waals surface area contributed by atoms with Crippen molar-refractivity contribution in [2.75, 3.05) is 11.9 Å². The van der Waals surface area contributed by atoms with Crippen LogP contribution in [0.1, 0.15) is 12.5 Å². The molecular weight excluding hydrogens is 200 g/mol. The molecule has 1 rings (SSSR count). The lowest BCUT2D eigenvalue weighted by atomic mass is 10.2. The monoisotopic (exact) mass is 218 g/mol. The van der Waals surface area contributed by atoms with Gasteiger partial charge in [-0.25, -0.2) is 0 Å². The van der Waals surface area contributed by atoms with Crippen LogP contribution in [0.25, 0.3) is 0 Å². The first-order valence-electron chi connectivity index (χ1n) is 5.36. The quantitative estimate of drug-likeness (QED) is 0.743. The Morgan fingerprint density at radius 3 is 2.81 bits per heavy atom. The zero-order valence-corrected chi connectivity index (χ0v) is 9.79. The summed E-state index contributed by atoms with van der Waals surface area (Å²) in [6.07, 6.45) is 1.73. The van der Waals surface area contributed by atoms with Crippen molar-refractivity contribution >= 4 is 11.6 Å². The van der Waals surface area contributed by atoms with E-state index in [0.29, 0.717) is 6.54 Å². The van der Waals surface area contributed by atoms with Crippen LogP contribution in [-0.4, -0.2) is 18.5 Å². The minimum atomic E-state index is -0.224. The highest BCUT2D eigenvalue weighted by Gasteiger charge is 2.11. The van der Waals surface area contributed by atoms with Crippen molar-refractivity contribution in [1.82, 2.24) is 5.32 Å². The average molecular weight is 218 g/mol. The second-order valence-corrected chi connectivity index (χ2v) is 3.72. The third-order valence-corrected chi connectivity index (χ3v) is 2.36. The van der Waals surface area contributed by atoms with E-state index in [1.807, 2.05) is 38.1 Å². The molecule has 1 atom stereocenters. The first-order chi connectivity index (χ1) is 7.65. The summed E-state index contributed by atoms with van der Waals surface area (Å²) in [5.41, 5.74) is 1.92. The Morgan fingerprint density at radius 2 is 2.19 bits per heavy atom. The van der Waals surface area contributed by atoms with Gasteiger partial charge in [0, 0.05) is 12.2 Å². The number of anilines is 1. The highest BCUT2D eigenvalue weighted by Crippen LogP contribution is 2.13. The fourth-order valence-electron chi connectivity index (χ4n) is 1.31. The van der Waals surface area contributed by atoms with E-state index in [4.69, 9.17) is 0 Å². The Labute approximate surface area is 96.6 Å². The lowest BCUT2D eigenvalue weighted by Crippen LogP contribution is -2.38. The normalized spacial score (nSPS) is 11.9. The molecule has 0 aliphatic rings. The van der Waals surface area contributed by atoms with Gasteiger partial charge < -0.3 is 10.6 Å². The summed E-state index contributed by atoms with van der Waals surface area (Å²) >= 11 is 0. The van der Waals surface area contributed by atoms with E-state index in [0.717, 1.165) is 11.3 Å². The van der Waals surface area contributed by atoms with Crippen LogP contribution in [0.4, 0.5) is 5.69 Å². The SMILES string of the molecule is C=CCNC(C)C(=O)Nc1ccccc1C. The Hall–Kier alpha value is -1.61. The maximum absolute atomic E-state index is 11.8. The molecule has 0 saturated carbocycles. The third kappa shape index (κ3) is 3.51. The number of carbonyl (C=O) groups is 1. The van der Waals surface area contributed by atoms with Gasteiger partial charge in [0.2, 0.25) is 5.91 Å². The summed E-state index contributed by atoms with van der Waals surface area (Å²) in [6.45, 7) is 8.02. The number of carbonyl (C=O) groups excluding carboxylic acids is 1. The van der Waals surface area contributed by atoms with Crippen molar-refractivity contribution in [1.29, 1.82) is 0 Å². The van der Waals surface area contributed by atoms with E-state index in [9.17, 15) is 4.79 Å². The van der Waals surface area contributed by atoms with Crippen LogP contribution in [0.3, 0.4) is 0 Å². The molecule has 3 nitrogen and oxygen atoms in total. The highest BCUT2D eigenvalue weighted by atomic mass is 16.2. The van der Waals surface area contributed by atoms with Crippen molar-refractivity contribution in [2.45, 2.75) is 19.9 Å². The van der Waals surface area contributed by atoms with Crippen LogP contribution in [0, 0.1) is 6.92 Å². The van der Waals surface area contributed by atoms with Crippen molar-refractivity contribution in [3.63, 3.8) is 0 Å². The number of benzene rings is 1. The number of hydrogen-bond donors (Lipinski definition) is 2. The van der Waals surface area contributed by atoms with Gasteiger partial charge in [0.1, 0.15) is 0 Å². The van der Waals surface area contributed by atoms with Gasteiger partial charge in [-0.1, -0.05) is 24.3 Å². The largest absolute Gasteiger partial charge is 0.324 e. The summed E-state index contributed by atoms with van der Waals surface area (Å²) in [5, 5.41) is 5.92. The maximum atomic E-state index is 11.8. The Kier molecular flexibility index (Phi) is 4.73. The molecule has 16 heavy (non-hydrogen) atoms. The molecule has 1 amide bonds. The van der Waals surface area contributed by atoms with Crippen LogP contribution in [0.2, 0.25) is 0 Å². The van der Waals surface area contributed by atoms with E-state index in [1.165, 1.54) is 0 Å². The maximum Gasteiger partial charge on any atom is 0.241 e. The Balaban J connectivity index is 2.57. The number of amides is 1. The van der Waals surface area contributed by atoms with E-state index < -0.39 is 0 Å². The summed E-state index contributed by atoms with van der Waals surface area (Å²) in [5.74, 6) is -0.0313. The predicted molar refractivity (Wildman–Crippen MR) is 67.5 cm³/mol. The first kappa shape index (κ1) is 12.5. The van der Waals surface area contributed by atoms with Crippen molar-refractivity contribution < 1.29 is 4.79 Å². The van der Waals surface area contributed by atoms with Crippen molar-refractivity contribution in [3.05, 3.63) is 42.5 Å². The second kappa shape index (κ2) is 6.08. The molecule has 0 aliphatic heterocycles. The van der Waals surface area contributed by atoms with Gasteiger partial charge in [0.05, 0.1) is 6.04 Å². The lowest BCUT2D eigenvalue weighted by molar-refractivity contribution is -0.117.